The van der Waals surface area contributed by atoms with E-state index < -0.39 is 0 Å². The topological polar surface area (TPSA) is 45.7 Å². The fourth-order valence-electron chi connectivity index (χ4n) is 3.02. The van der Waals surface area contributed by atoms with Gasteiger partial charge in [-0.25, -0.2) is 0 Å². The smallest absolute Gasteiger partial charge is 0.278 e. The number of rotatable bonds is 5. The second kappa shape index (κ2) is 7.23. The number of aryl methyl sites for hydroxylation is 1. The van der Waals surface area contributed by atoms with Gasteiger partial charge < -0.3 is 10.6 Å². The zero-order chi connectivity index (χ0) is 15.2. The molecule has 0 unspecified atom stereocenters. The molecule has 114 valence electrons. The molecular formula is C19H23N2O+. The van der Waals surface area contributed by atoms with Crippen LogP contribution in [0.4, 0.5) is 0 Å². The lowest BCUT2D eigenvalue weighted by atomic mass is 9.95. The first kappa shape index (κ1) is 14.8. The molecule has 3 N–H and O–H groups in total. The van der Waals surface area contributed by atoms with Crippen LogP contribution in [0.15, 0.2) is 54.6 Å². The quantitative estimate of drug-likeness (QED) is 0.805. The van der Waals surface area contributed by atoms with Crippen LogP contribution in [-0.2, 0) is 24.2 Å². The fraction of sp³-hybridized carbons (Fsp3) is 0.316. The summed E-state index contributed by atoms with van der Waals surface area (Å²) in [6, 6.07) is 18.8. The molecule has 0 radical (unpaired) electrons. The highest BCUT2D eigenvalue weighted by Crippen LogP contribution is 2.12. The second-order valence-corrected chi connectivity index (χ2v) is 5.90. The number of nitrogens with two attached hydrogens (primary N) is 1. The Bertz CT molecular complexity index is 624. The first-order chi connectivity index (χ1) is 10.8. The number of nitrogens with one attached hydrogen (secondary N) is 1. The minimum atomic E-state index is 0.0200. The highest BCUT2D eigenvalue weighted by molar-refractivity contribution is 5.80. The minimum Gasteiger partial charge on any atom is -0.351 e. The number of fused-ring (bicyclic) bond motifs is 1. The van der Waals surface area contributed by atoms with Gasteiger partial charge in [0.25, 0.3) is 5.91 Å². The van der Waals surface area contributed by atoms with Crippen molar-refractivity contribution in [2.75, 3.05) is 6.54 Å². The molecule has 3 heteroatoms. The van der Waals surface area contributed by atoms with Crippen LogP contribution in [0.25, 0.3) is 0 Å². The number of hydrogen-bond donors (Lipinski definition) is 2. The van der Waals surface area contributed by atoms with E-state index in [0.29, 0.717) is 0 Å². The van der Waals surface area contributed by atoms with Gasteiger partial charge in [-0.15, -0.1) is 0 Å². The van der Waals surface area contributed by atoms with E-state index >= 15 is 0 Å². The predicted octanol–water partition coefficient (Wildman–Crippen LogP) is 1.42. The van der Waals surface area contributed by atoms with E-state index in [0.717, 1.165) is 32.4 Å². The van der Waals surface area contributed by atoms with Crippen molar-refractivity contribution in [3.8, 4) is 0 Å². The molecule has 1 aliphatic heterocycles. The van der Waals surface area contributed by atoms with Gasteiger partial charge >= 0.3 is 0 Å². The molecular weight excluding hydrogens is 272 g/mol. The molecule has 0 aromatic heterocycles. The normalized spacial score (nSPS) is 16.8. The van der Waals surface area contributed by atoms with Crippen LogP contribution in [0.1, 0.15) is 23.1 Å². The van der Waals surface area contributed by atoms with Crippen LogP contribution in [0.3, 0.4) is 0 Å². The molecule has 3 rings (SSSR count). The maximum atomic E-state index is 12.3. The third-order valence-corrected chi connectivity index (χ3v) is 4.30. The molecule has 1 aliphatic rings. The summed E-state index contributed by atoms with van der Waals surface area (Å²) in [7, 11) is 0. The molecule has 2 aromatic carbocycles. The largest absolute Gasteiger partial charge is 0.351 e. The maximum Gasteiger partial charge on any atom is 0.278 e. The number of benzene rings is 2. The van der Waals surface area contributed by atoms with Crippen LogP contribution >= 0.6 is 0 Å². The molecule has 0 fully saturated rings. The summed E-state index contributed by atoms with van der Waals surface area (Å²) in [6.45, 7) is 1.65. The van der Waals surface area contributed by atoms with Crippen molar-refractivity contribution < 1.29 is 10.1 Å². The van der Waals surface area contributed by atoms with E-state index in [4.69, 9.17) is 0 Å². The van der Waals surface area contributed by atoms with E-state index in [-0.39, 0.29) is 11.9 Å². The summed E-state index contributed by atoms with van der Waals surface area (Å²) < 4.78 is 0. The lowest BCUT2D eigenvalue weighted by Gasteiger charge is -2.22. The first-order valence-corrected chi connectivity index (χ1v) is 8.04. The monoisotopic (exact) mass is 295 g/mol. The van der Waals surface area contributed by atoms with Gasteiger partial charge in [-0.2, -0.15) is 0 Å². The molecule has 1 heterocycles. The summed E-state index contributed by atoms with van der Waals surface area (Å²) in [5.74, 6) is 0.169. The van der Waals surface area contributed by atoms with Gasteiger partial charge in [0, 0.05) is 18.5 Å². The van der Waals surface area contributed by atoms with Crippen LogP contribution in [-0.4, -0.2) is 18.5 Å². The third-order valence-electron chi connectivity index (χ3n) is 4.30. The van der Waals surface area contributed by atoms with Crippen LogP contribution in [0.5, 0.6) is 0 Å². The molecule has 1 amide bonds. The number of hydrogen-bond acceptors (Lipinski definition) is 1. The van der Waals surface area contributed by atoms with Gasteiger partial charge in [0.15, 0.2) is 6.04 Å². The van der Waals surface area contributed by atoms with E-state index in [9.17, 15) is 4.79 Å². The first-order valence-electron chi connectivity index (χ1n) is 8.04. The summed E-state index contributed by atoms with van der Waals surface area (Å²) in [4.78, 5) is 12.3. The lowest BCUT2D eigenvalue weighted by molar-refractivity contribution is -0.695. The van der Waals surface area contributed by atoms with Crippen molar-refractivity contribution in [2.45, 2.75) is 31.8 Å². The lowest BCUT2D eigenvalue weighted by Crippen LogP contribution is -2.93. The van der Waals surface area contributed by atoms with Crippen molar-refractivity contribution in [2.24, 2.45) is 0 Å². The molecule has 3 nitrogen and oxygen atoms in total. The van der Waals surface area contributed by atoms with E-state index in [1.54, 1.807) is 0 Å². The van der Waals surface area contributed by atoms with Gasteiger partial charge in [-0.1, -0.05) is 54.6 Å². The maximum absolute atomic E-state index is 12.3. The minimum absolute atomic E-state index is 0.0200. The zero-order valence-electron chi connectivity index (χ0n) is 12.8. The van der Waals surface area contributed by atoms with Crippen molar-refractivity contribution in [3.63, 3.8) is 0 Å². The van der Waals surface area contributed by atoms with E-state index in [1.165, 1.54) is 16.7 Å². The Morgan fingerprint density at radius 2 is 1.77 bits per heavy atom. The number of amides is 1. The fourth-order valence-corrected chi connectivity index (χ4v) is 3.02. The molecule has 0 aliphatic carbocycles. The number of carbonyl (C=O) groups excluding carboxylic acids is 1. The standard InChI is InChI=1S/C19H22N2O/c22-19(20-12-6-9-15-7-2-1-3-8-15)18-13-16-10-4-5-11-17(16)14-21-18/h1-5,7-8,10-11,18,21H,6,9,12-14H2,(H,20,22)/p+1/t18-/m0/s1. The Morgan fingerprint density at radius 3 is 2.59 bits per heavy atom. The Labute approximate surface area is 131 Å². The Morgan fingerprint density at radius 1 is 1.05 bits per heavy atom. The highest BCUT2D eigenvalue weighted by atomic mass is 16.2. The average Bonchev–Trinajstić information content (AvgIpc) is 2.59. The van der Waals surface area contributed by atoms with Gasteiger partial charge in [-0.3, -0.25) is 4.79 Å². The summed E-state index contributed by atoms with van der Waals surface area (Å²) >= 11 is 0. The third kappa shape index (κ3) is 3.74. The van der Waals surface area contributed by atoms with Crippen LogP contribution in [0.2, 0.25) is 0 Å². The highest BCUT2D eigenvalue weighted by Gasteiger charge is 2.27. The molecule has 0 saturated carbocycles. The van der Waals surface area contributed by atoms with E-state index in [2.05, 4.69) is 59.2 Å². The van der Waals surface area contributed by atoms with Gasteiger partial charge in [0.1, 0.15) is 6.54 Å². The van der Waals surface area contributed by atoms with Crippen LogP contribution < -0.4 is 10.6 Å². The summed E-state index contributed by atoms with van der Waals surface area (Å²) in [6.07, 6.45) is 2.83. The van der Waals surface area contributed by atoms with Gasteiger partial charge in [-0.05, 0) is 24.0 Å². The molecule has 0 saturated heterocycles. The second-order valence-electron chi connectivity index (χ2n) is 5.90. The molecule has 0 bridgehead atoms. The average molecular weight is 295 g/mol. The molecule has 0 spiro atoms. The Kier molecular flexibility index (Phi) is 4.86. The van der Waals surface area contributed by atoms with Gasteiger partial charge in [0.05, 0.1) is 0 Å². The van der Waals surface area contributed by atoms with Crippen LogP contribution in [0, 0.1) is 0 Å². The number of carbonyl (C=O) groups is 1. The van der Waals surface area contributed by atoms with E-state index in [1.807, 2.05) is 6.07 Å². The zero-order valence-corrected chi connectivity index (χ0v) is 12.8. The van der Waals surface area contributed by atoms with Crippen molar-refractivity contribution >= 4 is 5.91 Å². The predicted molar refractivity (Wildman–Crippen MR) is 87.3 cm³/mol. The number of quaternary nitrogens is 1. The SMILES string of the molecule is O=C(NCCCc1ccccc1)[C@@H]1Cc2ccccc2C[NH2+]1. The Balaban J connectivity index is 1.43. The summed E-state index contributed by atoms with van der Waals surface area (Å²) in [5.41, 5.74) is 4.00. The molecule has 1 atom stereocenters. The molecule has 22 heavy (non-hydrogen) atoms. The van der Waals surface area contributed by atoms with Gasteiger partial charge in [0.2, 0.25) is 0 Å². The summed E-state index contributed by atoms with van der Waals surface area (Å²) in [5, 5.41) is 5.23. The Hall–Kier alpha value is -2.13. The van der Waals surface area contributed by atoms with Crippen molar-refractivity contribution in [1.29, 1.82) is 0 Å². The van der Waals surface area contributed by atoms with Crippen molar-refractivity contribution in [3.05, 3.63) is 71.3 Å². The van der Waals surface area contributed by atoms with Crippen molar-refractivity contribution in [1.82, 2.24) is 5.32 Å². The molecule has 2 aromatic rings.